The molecule has 0 bridgehead atoms. The van der Waals surface area contributed by atoms with Gasteiger partial charge in [-0.05, 0) is 97.0 Å². The third-order valence-corrected chi connectivity index (χ3v) is 8.26. The number of aromatic amines is 1. The summed E-state index contributed by atoms with van der Waals surface area (Å²) in [6.07, 6.45) is 8.78. The Hall–Kier alpha value is -5.49. The average Bonchev–Trinajstić information content (AvgIpc) is 3.65. The molecule has 1 aliphatic rings. The second-order valence-electron chi connectivity index (χ2n) is 11.4. The standard InChI is InChI=1S/C34H35N9O3/c35-19-23-5-9-26(10-6-23)33(44)39-30(34(45)38-28-14-11-25(12-15-28)32-40-42-43-41-32)18-22-3-7-24(8-4-22)27-13-16-31(37-20-27)46-29-2-1-17-36-21-29/h1-4,7-8,11-17,20-21,23,26,30H,5-6,9-10,18-19,35H2,(H,38,45)(H,39,44)(H,40,41,42,43)/t23?,26?,30-/m0/s1. The van der Waals surface area contributed by atoms with Crippen LogP contribution in [-0.2, 0) is 16.0 Å². The number of benzene rings is 2. The Morgan fingerprint density at radius 1 is 0.913 bits per heavy atom. The fraction of sp³-hybridized carbons (Fsp3) is 0.265. The Morgan fingerprint density at radius 2 is 1.67 bits per heavy atom. The summed E-state index contributed by atoms with van der Waals surface area (Å²) in [6.45, 7) is 0.639. The number of anilines is 1. The van der Waals surface area contributed by atoms with Crippen molar-refractivity contribution >= 4 is 17.5 Å². The second kappa shape index (κ2) is 14.5. The quantitative estimate of drug-likeness (QED) is 0.166. The van der Waals surface area contributed by atoms with Gasteiger partial charge in [0.1, 0.15) is 11.8 Å². The molecule has 234 valence electrons. The van der Waals surface area contributed by atoms with Crippen LogP contribution >= 0.6 is 0 Å². The van der Waals surface area contributed by atoms with E-state index in [2.05, 4.69) is 41.2 Å². The fourth-order valence-electron chi connectivity index (χ4n) is 5.58. The monoisotopic (exact) mass is 617 g/mol. The average molecular weight is 618 g/mol. The fourth-order valence-corrected chi connectivity index (χ4v) is 5.58. The number of aromatic nitrogens is 6. The normalized spacial score (nSPS) is 16.7. The van der Waals surface area contributed by atoms with Crippen LogP contribution in [0.2, 0.25) is 0 Å². The van der Waals surface area contributed by atoms with E-state index in [0.29, 0.717) is 42.0 Å². The molecule has 3 heterocycles. The van der Waals surface area contributed by atoms with Crippen molar-refractivity contribution in [3.8, 4) is 34.1 Å². The molecule has 2 amide bonds. The molecule has 12 nitrogen and oxygen atoms in total. The van der Waals surface area contributed by atoms with E-state index in [1.807, 2.05) is 42.5 Å². The lowest BCUT2D eigenvalue weighted by Crippen LogP contribution is -2.48. The van der Waals surface area contributed by atoms with Crippen molar-refractivity contribution in [3.63, 3.8) is 0 Å². The van der Waals surface area contributed by atoms with E-state index in [9.17, 15) is 9.59 Å². The molecule has 0 saturated heterocycles. The summed E-state index contributed by atoms with van der Waals surface area (Å²) in [6, 6.07) is 21.6. The lowest BCUT2D eigenvalue weighted by Gasteiger charge is -2.28. The Balaban J connectivity index is 1.13. The molecule has 0 radical (unpaired) electrons. The van der Waals surface area contributed by atoms with Crippen LogP contribution in [0.15, 0.2) is 91.4 Å². The van der Waals surface area contributed by atoms with Crippen molar-refractivity contribution in [3.05, 3.63) is 97.0 Å². The highest BCUT2D eigenvalue weighted by atomic mass is 16.5. The highest BCUT2D eigenvalue weighted by molar-refractivity contribution is 5.97. The lowest BCUT2D eigenvalue weighted by atomic mass is 9.81. The van der Waals surface area contributed by atoms with Gasteiger partial charge in [0.2, 0.25) is 23.5 Å². The van der Waals surface area contributed by atoms with E-state index in [1.165, 1.54) is 0 Å². The predicted molar refractivity (Wildman–Crippen MR) is 172 cm³/mol. The number of ether oxygens (including phenoxy) is 1. The molecule has 1 aliphatic carbocycles. The Morgan fingerprint density at radius 3 is 2.33 bits per heavy atom. The third kappa shape index (κ3) is 7.77. The van der Waals surface area contributed by atoms with Gasteiger partial charge in [0.15, 0.2) is 0 Å². The maximum Gasteiger partial charge on any atom is 0.247 e. The number of hydrogen-bond acceptors (Lipinski definition) is 9. The van der Waals surface area contributed by atoms with Gasteiger partial charge in [-0.1, -0.05) is 24.3 Å². The van der Waals surface area contributed by atoms with Crippen molar-refractivity contribution < 1.29 is 14.3 Å². The zero-order chi connectivity index (χ0) is 31.7. The van der Waals surface area contributed by atoms with Crippen LogP contribution < -0.4 is 21.1 Å². The summed E-state index contributed by atoms with van der Waals surface area (Å²) < 4.78 is 5.75. The largest absolute Gasteiger partial charge is 0.437 e. The summed E-state index contributed by atoms with van der Waals surface area (Å²) in [7, 11) is 0. The van der Waals surface area contributed by atoms with Crippen molar-refractivity contribution in [2.24, 2.45) is 17.6 Å². The number of nitrogens with two attached hydrogens (primary N) is 1. The van der Waals surface area contributed by atoms with E-state index in [-0.39, 0.29) is 17.7 Å². The minimum absolute atomic E-state index is 0.0978. The van der Waals surface area contributed by atoms with E-state index in [0.717, 1.165) is 47.9 Å². The molecule has 1 atom stereocenters. The number of H-pyrrole nitrogens is 1. The molecule has 5 N–H and O–H groups in total. The van der Waals surface area contributed by atoms with Crippen LogP contribution in [0.3, 0.4) is 0 Å². The number of rotatable bonds is 11. The number of hydrogen-bond donors (Lipinski definition) is 4. The van der Waals surface area contributed by atoms with Gasteiger partial charge < -0.3 is 21.1 Å². The Labute approximate surface area is 266 Å². The van der Waals surface area contributed by atoms with E-state index in [1.54, 1.807) is 48.9 Å². The highest BCUT2D eigenvalue weighted by Crippen LogP contribution is 2.29. The molecule has 46 heavy (non-hydrogen) atoms. The number of nitrogens with zero attached hydrogens (tertiary/aromatic N) is 5. The van der Waals surface area contributed by atoms with E-state index < -0.39 is 6.04 Å². The SMILES string of the molecule is NCC1CCC(C(=O)N[C@@H](Cc2ccc(-c3ccc(Oc4cccnc4)nc3)cc2)C(=O)Nc2ccc(-c3nn[nH]n3)cc2)CC1. The van der Waals surface area contributed by atoms with Gasteiger partial charge in [0, 0.05) is 47.6 Å². The number of amides is 2. The molecule has 12 heteroatoms. The number of carbonyl (C=O) groups excluding carboxylic acids is 2. The van der Waals surface area contributed by atoms with Gasteiger partial charge in [-0.25, -0.2) is 4.98 Å². The predicted octanol–water partition coefficient (Wildman–Crippen LogP) is 4.55. The van der Waals surface area contributed by atoms with Crippen molar-refractivity contribution in [1.29, 1.82) is 0 Å². The maximum atomic E-state index is 13.6. The van der Waals surface area contributed by atoms with E-state index >= 15 is 0 Å². The maximum absolute atomic E-state index is 13.6. The van der Waals surface area contributed by atoms with Gasteiger partial charge in [-0.2, -0.15) is 5.21 Å². The van der Waals surface area contributed by atoms with Gasteiger partial charge in [0.25, 0.3) is 0 Å². The van der Waals surface area contributed by atoms with Gasteiger partial charge in [-0.15, -0.1) is 10.2 Å². The van der Waals surface area contributed by atoms with Crippen molar-refractivity contribution in [1.82, 2.24) is 35.9 Å². The smallest absolute Gasteiger partial charge is 0.247 e. The van der Waals surface area contributed by atoms with Crippen LogP contribution in [0.1, 0.15) is 31.2 Å². The van der Waals surface area contributed by atoms with Crippen LogP contribution in [-0.4, -0.2) is 55.0 Å². The number of carbonyl (C=O) groups is 2. The van der Waals surface area contributed by atoms with E-state index in [4.69, 9.17) is 10.5 Å². The van der Waals surface area contributed by atoms with Gasteiger partial charge in [0.05, 0.1) is 6.20 Å². The zero-order valence-corrected chi connectivity index (χ0v) is 25.2. The Kier molecular flexibility index (Phi) is 9.64. The first kappa shape index (κ1) is 30.5. The number of tetrazole rings is 1. The first-order valence-electron chi connectivity index (χ1n) is 15.3. The molecular formula is C34H35N9O3. The molecular weight excluding hydrogens is 582 g/mol. The van der Waals surface area contributed by atoms with Gasteiger partial charge >= 0.3 is 0 Å². The molecule has 1 saturated carbocycles. The molecule has 0 spiro atoms. The zero-order valence-electron chi connectivity index (χ0n) is 25.2. The molecule has 6 rings (SSSR count). The summed E-state index contributed by atoms with van der Waals surface area (Å²) in [4.78, 5) is 35.4. The number of nitrogens with one attached hydrogen (secondary N) is 3. The van der Waals surface area contributed by atoms with Crippen LogP contribution in [0, 0.1) is 11.8 Å². The molecule has 0 aliphatic heterocycles. The second-order valence-corrected chi connectivity index (χ2v) is 11.4. The van der Waals surface area contributed by atoms with Crippen LogP contribution in [0.4, 0.5) is 5.69 Å². The summed E-state index contributed by atoms with van der Waals surface area (Å²) in [5, 5.41) is 20.0. The molecule has 5 aromatic rings. The first-order chi connectivity index (χ1) is 22.5. The first-order valence-corrected chi connectivity index (χ1v) is 15.3. The Bertz CT molecular complexity index is 1710. The van der Waals surface area contributed by atoms with Gasteiger partial charge in [-0.3, -0.25) is 14.6 Å². The minimum Gasteiger partial charge on any atom is -0.437 e. The topological polar surface area (TPSA) is 174 Å². The lowest BCUT2D eigenvalue weighted by molar-refractivity contribution is -0.130. The minimum atomic E-state index is -0.770. The van der Waals surface area contributed by atoms with Crippen molar-refractivity contribution in [2.45, 2.75) is 38.1 Å². The van der Waals surface area contributed by atoms with Crippen molar-refractivity contribution in [2.75, 3.05) is 11.9 Å². The van der Waals surface area contributed by atoms with Crippen LogP contribution in [0.25, 0.3) is 22.5 Å². The molecule has 3 aromatic heterocycles. The summed E-state index contributed by atoms with van der Waals surface area (Å²) in [5.74, 6) is 1.47. The molecule has 0 unspecified atom stereocenters. The molecule has 1 fully saturated rings. The van der Waals surface area contributed by atoms with Crippen LogP contribution in [0.5, 0.6) is 11.6 Å². The summed E-state index contributed by atoms with van der Waals surface area (Å²) >= 11 is 0. The third-order valence-electron chi connectivity index (χ3n) is 8.26. The summed E-state index contributed by atoms with van der Waals surface area (Å²) in [5.41, 5.74) is 10.0. The highest BCUT2D eigenvalue weighted by Gasteiger charge is 2.29. The number of pyridine rings is 2. The molecule has 2 aromatic carbocycles.